The number of nitrogens with one attached hydrogen (secondary N) is 2. The van der Waals surface area contributed by atoms with Crippen LogP contribution in [0.4, 0.5) is 10.5 Å². The molecule has 9 heteroatoms. The fourth-order valence-electron chi connectivity index (χ4n) is 3.56. The number of carbonyl (C=O) groups excluding carboxylic acids is 1. The van der Waals surface area contributed by atoms with Crippen LogP contribution in [0.2, 0.25) is 0 Å². The van der Waals surface area contributed by atoms with E-state index in [1.807, 2.05) is 31.2 Å². The van der Waals surface area contributed by atoms with Gasteiger partial charge in [-0.25, -0.2) is 4.79 Å². The molecule has 1 amide bonds. The molecule has 168 valence electrons. The molecule has 0 radical (unpaired) electrons. The molecule has 0 aliphatic carbocycles. The number of carbonyl (C=O) groups is 1. The van der Waals surface area contributed by atoms with Crippen LogP contribution in [0, 0.1) is 17.7 Å². The number of benzene rings is 2. The van der Waals surface area contributed by atoms with Gasteiger partial charge in [-0.3, -0.25) is 20.7 Å². The van der Waals surface area contributed by atoms with Gasteiger partial charge in [0.05, 0.1) is 29.7 Å². The van der Waals surface area contributed by atoms with E-state index in [4.69, 9.17) is 31.8 Å². The zero-order valence-corrected chi connectivity index (χ0v) is 18.1. The molecular weight excluding hydrogens is 420 g/mol. The molecule has 9 nitrogen and oxygen atoms in total. The van der Waals surface area contributed by atoms with Crippen molar-refractivity contribution in [1.29, 1.82) is 10.8 Å². The van der Waals surface area contributed by atoms with Crippen molar-refractivity contribution >= 4 is 23.5 Å². The van der Waals surface area contributed by atoms with Gasteiger partial charge in [0, 0.05) is 11.1 Å². The molecule has 0 fully saturated rings. The number of nitrogen functional groups attached to an aromatic ring is 2. The number of hydrogen-bond donors (Lipinski definition) is 4. The van der Waals surface area contributed by atoms with Crippen molar-refractivity contribution in [3.8, 4) is 5.75 Å². The van der Waals surface area contributed by atoms with Crippen LogP contribution < -0.4 is 21.1 Å². The molecule has 3 aromatic rings. The highest BCUT2D eigenvalue weighted by molar-refractivity contribution is 5.95. The Labute approximate surface area is 191 Å². The highest BCUT2D eigenvalue weighted by Crippen LogP contribution is 2.36. The summed E-state index contributed by atoms with van der Waals surface area (Å²) in [5.74, 6) is 0.576. The van der Waals surface area contributed by atoms with Gasteiger partial charge in [0.1, 0.15) is 30.6 Å². The maximum absolute atomic E-state index is 12.6. The Morgan fingerprint density at radius 1 is 1.03 bits per heavy atom. The molecule has 0 atom stereocenters. The topological polar surface area (TPSA) is 151 Å². The average Bonchev–Trinajstić information content (AvgIpc) is 2.80. The molecule has 2 heterocycles. The maximum atomic E-state index is 12.6. The van der Waals surface area contributed by atoms with E-state index >= 15 is 0 Å². The number of nitrogens with two attached hydrogens (primary N) is 2. The molecule has 1 aromatic heterocycles. The summed E-state index contributed by atoms with van der Waals surface area (Å²) in [5, 5.41) is 15.0. The zero-order chi connectivity index (χ0) is 23.5. The number of amidine groups is 2. The number of aryl methyl sites for hydroxylation is 1. The van der Waals surface area contributed by atoms with E-state index in [0.29, 0.717) is 28.3 Å². The van der Waals surface area contributed by atoms with Gasteiger partial charge >= 0.3 is 6.09 Å². The van der Waals surface area contributed by atoms with Crippen LogP contribution in [0.1, 0.15) is 33.5 Å². The Morgan fingerprint density at radius 3 is 2.18 bits per heavy atom. The minimum Gasteiger partial charge on any atom is -0.486 e. The smallest absolute Gasteiger partial charge is 0.414 e. The first-order valence-electron chi connectivity index (χ1n) is 10.3. The number of fused-ring (bicyclic) bond motifs is 1. The number of rotatable bonds is 7. The largest absolute Gasteiger partial charge is 0.486 e. The summed E-state index contributed by atoms with van der Waals surface area (Å²) in [6, 6.07) is 14.4. The van der Waals surface area contributed by atoms with Crippen molar-refractivity contribution in [3.05, 3.63) is 88.2 Å². The molecule has 33 heavy (non-hydrogen) atoms. The second kappa shape index (κ2) is 8.99. The van der Waals surface area contributed by atoms with E-state index in [-0.39, 0.29) is 31.4 Å². The lowest BCUT2D eigenvalue weighted by atomic mass is 10.1. The molecule has 0 bridgehead atoms. The van der Waals surface area contributed by atoms with Gasteiger partial charge in [0.2, 0.25) is 0 Å². The molecule has 1 aliphatic heterocycles. The number of ether oxygens (including phenoxy) is 2. The quantitative estimate of drug-likeness (QED) is 0.324. The Kier molecular flexibility index (Phi) is 5.95. The fraction of sp³-hybridized carbons (Fsp3) is 0.167. The molecular formula is C24H24N6O3. The molecule has 0 unspecified atom stereocenters. The van der Waals surface area contributed by atoms with Crippen LogP contribution in [-0.4, -0.2) is 22.7 Å². The number of aromatic nitrogens is 1. The number of pyridine rings is 1. The monoisotopic (exact) mass is 444 g/mol. The Morgan fingerprint density at radius 2 is 1.61 bits per heavy atom. The summed E-state index contributed by atoms with van der Waals surface area (Å²) >= 11 is 0. The van der Waals surface area contributed by atoms with Crippen LogP contribution in [0.25, 0.3) is 0 Å². The fourth-order valence-corrected chi connectivity index (χ4v) is 3.56. The van der Waals surface area contributed by atoms with E-state index in [2.05, 4.69) is 4.98 Å². The SMILES string of the molecule is Cc1ncc2c(c1OCc1ccc(C(=N)N)cc1)COC(=O)N2Cc1ccc(C(=N)N)cc1. The number of amides is 1. The van der Waals surface area contributed by atoms with Gasteiger partial charge in [-0.2, -0.15) is 0 Å². The summed E-state index contributed by atoms with van der Waals surface area (Å²) in [4.78, 5) is 18.5. The van der Waals surface area contributed by atoms with E-state index in [1.54, 1.807) is 30.5 Å². The second-order valence-corrected chi connectivity index (χ2v) is 7.69. The molecule has 2 aromatic carbocycles. The second-order valence-electron chi connectivity index (χ2n) is 7.69. The Hall–Kier alpha value is -4.40. The van der Waals surface area contributed by atoms with Crippen molar-refractivity contribution in [2.24, 2.45) is 11.5 Å². The summed E-state index contributed by atoms with van der Waals surface area (Å²) < 4.78 is 11.5. The molecule has 0 saturated carbocycles. The van der Waals surface area contributed by atoms with Crippen molar-refractivity contribution in [2.45, 2.75) is 26.7 Å². The number of anilines is 1. The van der Waals surface area contributed by atoms with Crippen molar-refractivity contribution in [1.82, 2.24) is 4.98 Å². The Balaban J connectivity index is 1.57. The first-order valence-corrected chi connectivity index (χ1v) is 10.3. The highest BCUT2D eigenvalue weighted by atomic mass is 16.6. The first-order chi connectivity index (χ1) is 15.8. The zero-order valence-electron chi connectivity index (χ0n) is 18.1. The van der Waals surface area contributed by atoms with Gasteiger partial charge in [0.25, 0.3) is 0 Å². The van der Waals surface area contributed by atoms with Crippen molar-refractivity contribution < 1.29 is 14.3 Å². The predicted molar refractivity (Wildman–Crippen MR) is 125 cm³/mol. The Bertz CT molecular complexity index is 1220. The summed E-state index contributed by atoms with van der Waals surface area (Å²) in [7, 11) is 0. The summed E-state index contributed by atoms with van der Waals surface area (Å²) in [5.41, 5.74) is 16.1. The number of cyclic esters (lactones) is 1. The molecule has 4 rings (SSSR count). The van der Waals surface area contributed by atoms with Gasteiger partial charge in [-0.1, -0.05) is 48.5 Å². The molecule has 6 N–H and O–H groups in total. The minimum atomic E-state index is -0.463. The lowest BCUT2D eigenvalue weighted by molar-refractivity contribution is 0.139. The number of hydrogen-bond acceptors (Lipinski definition) is 6. The van der Waals surface area contributed by atoms with Crippen LogP contribution in [0.3, 0.4) is 0 Å². The van der Waals surface area contributed by atoms with Crippen molar-refractivity contribution in [2.75, 3.05) is 4.90 Å². The average molecular weight is 444 g/mol. The first kappa shape index (κ1) is 21.8. The summed E-state index contributed by atoms with van der Waals surface area (Å²) in [6.45, 7) is 2.50. The summed E-state index contributed by atoms with van der Waals surface area (Å²) in [6.07, 6.45) is 1.19. The third-order valence-corrected chi connectivity index (χ3v) is 5.40. The van der Waals surface area contributed by atoms with Gasteiger partial charge < -0.3 is 20.9 Å². The van der Waals surface area contributed by atoms with Gasteiger partial charge in [-0.05, 0) is 18.1 Å². The maximum Gasteiger partial charge on any atom is 0.414 e. The van der Waals surface area contributed by atoms with E-state index < -0.39 is 6.09 Å². The van der Waals surface area contributed by atoms with Crippen LogP contribution in [0.5, 0.6) is 5.75 Å². The minimum absolute atomic E-state index is 0.0116. The number of nitrogens with zero attached hydrogens (tertiary/aromatic N) is 2. The van der Waals surface area contributed by atoms with E-state index in [1.165, 1.54) is 4.90 Å². The molecule has 0 saturated heterocycles. The van der Waals surface area contributed by atoms with Crippen LogP contribution in [-0.2, 0) is 24.5 Å². The van der Waals surface area contributed by atoms with Crippen LogP contribution in [0.15, 0.2) is 54.7 Å². The van der Waals surface area contributed by atoms with E-state index in [0.717, 1.165) is 16.7 Å². The van der Waals surface area contributed by atoms with Crippen molar-refractivity contribution in [3.63, 3.8) is 0 Å². The van der Waals surface area contributed by atoms with Gasteiger partial charge in [-0.15, -0.1) is 0 Å². The highest BCUT2D eigenvalue weighted by Gasteiger charge is 2.30. The normalized spacial score (nSPS) is 12.6. The predicted octanol–water partition coefficient (Wildman–Crippen LogP) is 3.19. The van der Waals surface area contributed by atoms with E-state index in [9.17, 15) is 4.79 Å². The van der Waals surface area contributed by atoms with Crippen LogP contribution >= 0.6 is 0 Å². The lowest BCUT2D eigenvalue weighted by Crippen LogP contribution is -2.35. The molecule has 0 spiro atoms. The van der Waals surface area contributed by atoms with Gasteiger partial charge in [0.15, 0.2) is 0 Å². The third kappa shape index (κ3) is 4.62. The molecule has 1 aliphatic rings. The standard InChI is InChI=1S/C24H24N6O3/c1-14-21(32-12-16-4-8-18(9-5-16)23(27)28)19-13-33-24(31)30(20(19)10-29-14)11-15-2-6-17(7-3-15)22(25)26/h2-10H,11-13H2,1H3,(H3,25,26)(H3,27,28). The third-order valence-electron chi connectivity index (χ3n) is 5.40. The lowest BCUT2D eigenvalue weighted by Gasteiger charge is -2.30.